The van der Waals surface area contributed by atoms with Gasteiger partial charge in [0.25, 0.3) is 10.1 Å². The molecular weight excluding hydrogens is 352 g/mol. The van der Waals surface area contributed by atoms with Crippen LogP contribution in [0.25, 0.3) is 0 Å². The lowest BCUT2D eigenvalue weighted by Crippen LogP contribution is -2.47. The van der Waals surface area contributed by atoms with Gasteiger partial charge >= 0.3 is 0 Å². The monoisotopic (exact) mass is 384 g/mol. The lowest BCUT2D eigenvalue weighted by atomic mass is 10.2. The Hall–Kier alpha value is -0.953. The molecule has 1 aromatic carbocycles. The minimum atomic E-state index is -3.83. The summed E-state index contributed by atoms with van der Waals surface area (Å²) in [5.41, 5.74) is 0.998. The minimum absolute atomic E-state index is 0.0297. The van der Waals surface area contributed by atoms with Crippen LogP contribution in [0.5, 0.6) is 0 Å². The Labute approximate surface area is 154 Å². The van der Waals surface area contributed by atoms with Crippen LogP contribution in [-0.2, 0) is 18.7 Å². The fourth-order valence-electron chi connectivity index (χ4n) is 2.08. The minimum Gasteiger partial charge on any atom is -0.411 e. The summed E-state index contributed by atoms with van der Waals surface area (Å²) in [6, 6.07) is 6.64. The van der Waals surface area contributed by atoms with Gasteiger partial charge in [-0.2, -0.15) is 8.42 Å². The van der Waals surface area contributed by atoms with Crippen molar-refractivity contribution < 1.29 is 17.0 Å². The van der Waals surface area contributed by atoms with Gasteiger partial charge in [-0.1, -0.05) is 44.5 Å². The highest BCUT2D eigenvalue weighted by Crippen LogP contribution is 2.38. The predicted octanol–water partition coefficient (Wildman–Crippen LogP) is 5.06. The maximum Gasteiger partial charge on any atom is 0.297 e. The lowest BCUT2D eigenvalue weighted by molar-refractivity contribution is 0.0615. The summed E-state index contributed by atoms with van der Waals surface area (Å²) >= 11 is 0. The maximum absolute atomic E-state index is 12.5. The van der Waals surface area contributed by atoms with Gasteiger partial charge in [-0.3, -0.25) is 4.18 Å². The number of rotatable bonds is 8. The molecule has 1 aromatic rings. The summed E-state index contributed by atoms with van der Waals surface area (Å²) in [6.07, 6.45) is 1.34. The van der Waals surface area contributed by atoms with E-state index in [0.29, 0.717) is 6.42 Å². The van der Waals surface area contributed by atoms with Gasteiger partial charge in [0.05, 0.1) is 17.1 Å². The second-order valence-corrected chi connectivity index (χ2v) is 14.3. The molecule has 6 heteroatoms. The Kier molecular flexibility index (Phi) is 7.21. The van der Waals surface area contributed by atoms with Crippen LogP contribution in [-0.4, -0.2) is 28.9 Å². The van der Waals surface area contributed by atoms with Crippen LogP contribution in [0.2, 0.25) is 18.1 Å². The van der Waals surface area contributed by atoms with Crippen molar-refractivity contribution in [2.75, 3.05) is 0 Å². The second-order valence-electron chi connectivity index (χ2n) is 8.01. The first-order valence-electron chi connectivity index (χ1n) is 8.59. The molecule has 1 rings (SSSR count). The molecule has 4 nitrogen and oxygen atoms in total. The summed E-state index contributed by atoms with van der Waals surface area (Å²) in [5.74, 6) is 0. The molecule has 0 aliphatic heterocycles. The van der Waals surface area contributed by atoms with E-state index in [1.807, 2.05) is 6.92 Å². The highest BCUT2D eigenvalue weighted by molar-refractivity contribution is 7.86. The molecule has 0 aromatic heterocycles. The van der Waals surface area contributed by atoms with Crippen molar-refractivity contribution in [2.45, 2.75) is 76.3 Å². The molecular formula is C19H32O4SSi. The second kappa shape index (κ2) is 8.16. The molecule has 0 unspecified atom stereocenters. The van der Waals surface area contributed by atoms with E-state index < -0.39 is 24.5 Å². The average molecular weight is 385 g/mol. The van der Waals surface area contributed by atoms with Gasteiger partial charge in [0.15, 0.2) is 8.32 Å². The quantitative estimate of drug-likeness (QED) is 0.357. The van der Waals surface area contributed by atoms with Gasteiger partial charge in [0.2, 0.25) is 0 Å². The van der Waals surface area contributed by atoms with E-state index in [0.717, 1.165) is 5.56 Å². The lowest BCUT2D eigenvalue weighted by Gasteiger charge is -2.40. The topological polar surface area (TPSA) is 52.6 Å². The normalized spacial score (nSPS) is 15.6. The molecule has 0 fully saturated rings. The van der Waals surface area contributed by atoms with Gasteiger partial charge in [-0.25, -0.2) is 0 Å². The van der Waals surface area contributed by atoms with Gasteiger partial charge in [0, 0.05) is 0 Å². The first-order valence-corrected chi connectivity index (χ1v) is 12.9. The van der Waals surface area contributed by atoms with Gasteiger partial charge in [0.1, 0.15) is 0 Å². The molecule has 142 valence electrons. The zero-order valence-corrected chi connectivity index (χ0v) is 18.3. The third-order valence-electron chi connectivity index (χ3n) is 4.76. The van der Waals surface area contributed by atoms with Gasteiger partial charge < -0.3 is 4.43 Å². The average Bonchev–Trinajstić information content (AvgIpc) is 2.45. The van der Waals surface area contributed by atoms with Crippen molar-refractivity contribution in [3.8, 4) is 0 Å². The van der Waals surface area contributed by atoms with Crippen LogP contribution in [0.1, 0.15) is 39.7 Å². The molecule has 0 heterocycles. The maximum atomic E-state index is 12.5. The molecule has 0 aliphatic rings. The number of aryl methyl sites for hydroxylation is 1. The third-order valence-corrected chi connectivity index (χ3v) is 10.7. The van der Waals surface area contributed by atoms with E-state index >= 15 is 0 Å². The highest BCUT2D eigenvalue weighted by atomic mass is 32.2. The zero-order chi connectivity index (χ0) is 19.5. The number of benzene rings is 1. The smallest absolute Gasteiger partial charge is 0.297 e. The molecule has 0 amide bonds. The van der Waals surface area contributed by atoms with Crippen LogP contribution >= 0.6 is 0 Å². The molecule has 0 bridgehead atoms. The first kappa shape index (κ1) is 22.1. The Morgan fingerprint density at radius 2 is 1.72 bits per heavy atom. The molecule has 0 saturated heterocycles. The summed E-state index contributed by atoms with van der Waals surface area (Å²) in [7, 11) is -5.88. The molecule has 0 saturated carbocycles. The van der Waals surface area contributed by atoms with E-state index in [2.05, 4.69) is 40.4 Å². The molecule has 25 heavy (non-hydrogen) atoms. The van der Waals surface area contributed by atoms with E-state index in [1.165, 1.54) is 0 Å². The van der Waals surface area contributed by atoms with Gasteiger partial charge in [-0.05, 0) is 50.5 Å². The summed E-state index contributed by atoms with van der Waals surface area (Å²) in [4.78, 5) is 0.162. The SMILES string of the molecule is C=CC[C@@H](O[Si](C)(C)C(C)(C)C)[C@@H](C)OS(=O)(=O)c1ccc(C)cc1. The molecule has 0 radical (unpaired) electrons. The zero-order valence-electron chi connectivity index (χ0n) is 16.5. The molecule has 0 N–H and O–H groups in total. The van der Waals surface area contributed by atoms with E-state index in [-0.39, 0.29) is 16.0 Å². The van der Waals surface area contributed by atoms with Crippen molar-refractivity contribution in [2.24, 2.45) is 0 Å². The fourth-order valence-corrected chi connectivity index (χ4v) is 4.58. The third kappa shape index (κ3) is 6.06. The van der Waals surface area contributed by atoms with E-state index in [9.17, 15) is 8.42 Å². The molecule has 0 spiro atoms. The Balaban J connectivity index is 2.97. The van der Waals surface area contributed by atoms with Crippen molar-refractivity contribution in [3.63, 3.8) is 0 Å². The van der Waals surface area contributed by atoms with Crippen LogP contribution in [0, 0.1) is 6.92 Å². The fraction of sp³-hybridized carbons (Fsp3) is 0.579. The Morgan fingerprint density at radius 3 is 2.16 bits per heavy atom. The Bertz CT molecular complexity index is 672. The highest BCUT2D eigenvalue weighted by Gasteiger charge is 2.40. The van der Waals surface area contributed by atoms with Gasteiger partial charge in [-0.15, -0.1) is 6.58 Å². The van der Waals surface area contributed by atoms with E-state index in [1.54, 1.807) is 37.3 Å². The van der Waals surface area contributed by atoms with E-state index in [4.69, 9.17) is 8.61 Å². The Morgan fingerprint density at radius 1 is 1.20 bits per heavy atom. The standard InChI is InChI=1S/C19H32O4SSi/c1-9-10-18(23-25(7,8)19(4,5)6)16(3)22-24(20,21)17-13-11-15(2)12-14-17/h9,11-14,16,18H,1,10H2,2-8H3/t16-,18-/m1/s1. The largest absolute Gasteiger partial charge is 0.411 e. The van der Waals surface area contributed by atoms with Crippen molar-refractivity contribution >= 4 is 18.4 Å². The summed E-state index contributed by atoms with van der Waals surface area (Å²) < 4.78 is 36.9. The van der Waals surface area contributed by atoms with Crippen molar-refractivity contribution in [1.29, 1.82) is 0 Å². The van der Waals surface area contributed by atoms with Crippen LogP contribution in [0.15, 0.2) is 41.8 Å². The number of hydrogen-bond donors (Lipinski definition) is 0. The summed E-state index contributed by atoms with van der Waals surface area (Å²) in [5, 5.41) is 0.0297. The van der Waals surface area contributed by atoms with Crippen LogP contribution < -0.4 is 0 Å². The van der Waals surface area contributed by atoms with Crippen molar-refractivity contribution in [1.82, 2.24) is 0 Å². The molecule has 0 aliphatic carbocycles. The van der Waals surface area contributed by atoms with Crippen LogP contribution in [0.4, 0.5) is 0 Å². The molecule has 2 atom stereocenters. The van der Waals surface area contributed by atoms with Crippen molar-refractivity contribution in [3.05, 3.63) is 42.5 Å². The predicted molar refractivity (Wildman–Crippen MR) is 106 cm³/mol. The number of hydrogen-bond acceptors (Lipinski definition) is 4. The summed E-state index contributed by atoms with van der Waals surface area (Å²) in [6.45, 7) is 18.2. The van der Waals surface area contributed by atoms with Crippen LogP contribution in [0.3, 0.4) is 0 Å². The first-order chi connectivity index (χ1) is 11.3.